The van der Waals surface area contributed by atoms with Crippen LogP contribution in [0.1, 0.15) is 45.4 Å². The predicted molar refractivity (Wildman–Crippen MR) is 119 cm³/mol. The van der Waals surface area contributed by atoms with Crippen LogP contribution >= 0.6 is 0 Å². The van der Waals surface area contributed by atoms with Crippen LogP contribution in [0.5, 0.6) is 0 Å². The molecule has 4 saturated heterocycles. The number of rotatable bonds is 6. The molecule has 0 spiro atoms. The van der Waals surface area contributed by atoms with Crippen molar-refractivity contribution in [2.45, 2.75) is 75.5 Å². The van der Waals surface area contributed by atoms with Gasteiger partial charge in [0.25, 0.3) is 0 Å². The number of esters is 3. The fourth-order valence-electron chi connectivity index (χ4n) is 8.92. The molecule has 4 aliphatic carbocycles. The van der Waals surface area contributed by atoms with Gasteiger partial charge in [0.2, 0.25) is 0 Å². The largest absolute Gasteiger partial charge is 0.458 e. The Labute approximate surface area is 205 Å². The van der Waals surface area contributed by atoms with Crippen LogP contribution in [0.25, 0.3) is 0 Å². The van der Waals surface area contributed by atoms with E-state index in [2.05, 4.69) is 6.92 Å². The maximum atomic E-state index is 13.8. The molecule has 4 aliphatic heterocycles. The summed E-state index contributed by atoms with van der Waals surface area (Å²) >= 11 is 0. The molecule has 4 saturated carbocycles. The van der Waals surface area contributed by atoms with Crippen LogP contribution in [-0.4, -0.2) is 85.7 Å². The number of fused-ring (bicyclic) bond motifs is 1. The highest BCUT2D eigenvalue weighted by molar-refractivity contribution is 5.87. The zero-order valence-electron chi connectivity index (χ0n) is 20.3. The van der Waals surface area contributed by atoms with E-state index in [9.17, 15) is 14.4 Å². The average molecular weight is 490 g/mol. The Balaban J connectivity index is 1.09. The summed E-state index contributed by atoms with van der Waals surface area (Å²) in [5.41, 5.74) is -0.448. The number of carbonyl (C=O) groups is 3. The van der Waals surface area contributed by atoms with E-state index in [0.29, 0.717) is 38.1 Å². The van der Waals surface area contributed by atoms with Crippen LogP contribution in [0.4, 0.5) is 0 Å². The van der Waals surface area contributed by atoms with E-state index in [1.165, 1.54) is 6.42 Å². The van der Waals surface area contributed by atoms with E-state index in [1.54, 1.807) is 0 Å². The molecule has 0 radical (unpaired) electrons. The van der Waals surface area contributed by atoms with E-state index in [4.69, 9.17) is 23.7 Å². The number of ether oxygens (including phenoxy) is 5. The Morgan fingerprint density at radius 2 is 1.69 bits per heavy atom. The van der Waals surface area contributed by atoms with Crippen molar-refractivity contribution >= 4 is 17.9 Å². The topological polar surface area (TPSA) is 101 Å². The highest BCUT2D eigenvalue weighted by Gasteiger charge is 2.72. The molecule has 6 atom stereocenters. The molecule has 9 heteroatoms. The minimum atomic E-state index is -0.784. The van der Waals surface area contributed by atoms with Crippen LogP contribution in [0.3, 0.4) is 0 Å². The van der Waals surface area contributed by atoms with Gasteiger partial charge in [0.1, 0.15) is 29.6 Å². The third-order valence-electron chi connectivity index (χ3n) is 10.3. The summed E-state index contributed by atoms with van der Waals surface area (Å²) in [5, 5.41) is 0. The van der Waals surface area contributed by atoms with Crippen molar-refractivity contribution in [3.05, 3.63) is 0 Å². The van der Waals surface area contributed by atoms with Gasteiger partial charge in [-0.15, -0.1) is 0 Å². The highest BCUT2D eigenvalue weighted by atomic mass is 16.7. The number of carbonyl (C=O) groups excluding carboxylic acids is 3. The molecule has 35 heavy (non-hydrogen) atoms. The lowest BCUT2D eigenvalue weighted by Gasteiger charge is -2.60. The maximum absolute atomic E-state index is 13.8. The predicted octanol–water partition coefficient (Wildman–Crippen LogP) is 1.32. The van der Waals surface area contributed by atoms with Gasteiger partial charge in [-0.1, -0.05) is 6.92 Å². The molecule has 0 aromatic carbocycles. The number of morpholine rings is 1. The van der Waals surface area contributed by atoms with Gasteiger partial charge in [0, 0.05) is 13.1 Å². The molecule has 192 valence electrons. The highest BCUT2D eigenvalue weighted by Crippen LogP contribution is 2.61. The normalized spacial score (nSPS) is 49.3. The Bertz CT molecular complexity index is 887. The first-order valence-corrected chi connectivity index (χ1v) is 13.5. The molecule has 0 aromatic rings. The molecule has 6 unspecified atom stereocenters. The molecule has 0 N–H and O–H groups in total. The Morgan fingerprint density at radius 1 is 1.00 bits per heavy atom. The summed E-state index contributed by atoms with van der Waals surface area (Å²) in [4.78, 5) is 41.3. The summed E-state index contributed by atoms with van der Waals surface area (Å²) in [5.74, 6) is -0.327. The lowest BCUT2D eigenvalue weighted by Crippen LogP contribution is -2.60. The fraction of sp³-hybridized carbons (Fsp3) is 0.885. The van der Waals surface area contributed by atoms with Crippen LogP contribution in [0, 0.1) is 35.5 Å². The smallest absolute Gasteiger partial charge is 0.320 e. The van der Waals surface area contributed by atoms with Crippen LogP contribution in [0.15, 0.2) is 0 Å². The van der Waals surface area contributed by atoms with Crippen molar-refractivity contribution in [3.63, 3.8) is 0 Å². The first kappa shape index (κ1) is 22.5. The Kier molecular flexibility index (Phi) is 5.23. The molecule has 0 amide bonds. The minimum absolute atomic E-state index is 0.140. The number of hydrogen-bond acceptors (Lipinski definition) is 9. The zero-order valence-corrected chi connectivity index (χ0v) is 20.3. The molecule has 0 aromatic heterocycles. The van der Waals surface area contributed by atoms with Gasteiger partial charge < -0.3 is 23.7 Å². The molecule has 4 heterocycles. The van der Waals surface area contributed by atoms with Crippen molar-refractivity contribution < 1.29 is 38.1 Å². The van der Waals surface area contributed by atoms with E-state index in [-0.39, 0.29) is 12.5 Å². The van der Waals surface area contributed by atoms with Gasteiger partial charge in [0.15, 0.2) is 12.2 Å². The van der Waals surface area contributed by atoms with Gasteiger partial charge >= 0.3 is 17.9 Å². The third kappa shape index (κ3) is 3.33. The Morgan fingerprint density at radius 3 is 2.34 bits per heavy atom. The molecule has 8 fully saturated rings. The lowest BCUT2D eigenvalue weighted by molar-refractivity contribution is -0.217. The molecular weight excluding hydrogens is 454 g/mol. The van der Waals surface area contributed by atoms with Gasteiger partial charge in [-0.3, -0.25) is 19.3 Å². The molecule has 6 bridgehead atoms. The quantitative estimate of drug-likeness (QED) is 0.404. The monoisotopic (exact) mass is 489 g/mol. The van der Waals surface area contributed by atoms with Crippen molar-refractivity contribution in [2.24, 2.45) is 35.5 Å². The van der Waals surface area contributed by atoms with Gasteiger partial charge in [0.05, 0.1) is 19.8 Å². The van der Waals surface area contributed by atoms with Gasteiger partial charge in [-0.25, -0.2) is 0 Å². The SMILES string of the molecule is CCC1(OC(=O)C2C3OC4C(OC(=O)C42)C3OC(=O)CN2CCOCC2)C2CC3CC(C2)CC1C3. The first-order chi connectivity index (χ1) is 17.0. The second-order valence-electron chi connectivity index (χ2n) is 11.9. The van der Waals surface area contributed by atoms with Crippen molar-refractivity contribution in [2.75, 3.05) is 32.8 Å². The fourth-order valence-corrected chi connectivity index (χ4v) is 8.92. The maximum Gasteiger partial charge on any atom is 0.320 e. The van der Waals surface area contributed by atoms with E-state index in [1.807, 2.05) is 4.90 Å². The van der Waals surface area contributed by atoms with Crippen LogP contribution < -0.4 is 0 Å². The lowest BCUT2D eigenvalue weighted by atomic mass is 9.49. The second-order valence-corrected chi connectivity index (χ2v) is 11.9. The summed E-state index contributed by atoms with van der Waals surface area (Å²) in [6.07, 6.45) is 4.00. The summed E-state index contributed by atoms with van der Waals surface area (Å²) in [6.45, 7) is 4.78. The standard InChI is InChI=1S/C26H35NO8/c1-2-26(15-8-13-7-14(10-15)11-16(26)9-13)35-25(30)19-18-20-23(34-24(18)29)22(21(19)33-20)32-17(28)12-27-3-5-31-6-4-27/h13-16,18-23H,2-12H2,1H3. The van der Waals surface area contributed by atoms with Crippen LogP contribution in [0.2, 0.25) is 0 Å². The van der Waals surface area contributed by atoms with E-state index < -0.39 is 53.8 Å². The Hall–Kier alpha value is -1.71. The molecular formula is C26H35NO8. The molecule has 9 nitrogen and oxygen atoms in total. The van der Waals surface area contributed by atoms with E-state index >= 15 is 0 Å². The first-order valence-electron chi connectivity index (χ1n) is 13.5. The average Bonchev–Trinajstić information content (AvgIpc) is 3.45. The van der Waals surface area contributed by atoms with E-state index in [0.717, 1.165) is 43.9 Å². The summed E-state index contributed by atoms with van der Waals surface area (Å²) < 4.78 is 29.3. The molecule has 8 aliphatic rings. The third-order valence-corrected chi connectivity index (χ3v) is 10.3. The van der Waals surface area contributed by atoms with Crippen molar-refractivity contribution in [1.29, 1.82) is 0 Å². The zero-order chi connectivity index (χ0) is 23.9. The number of nitrogens with zero attached hydrogens (tertiary/aromatic N) is 1. The van der Waals surface area contributed by atoms with Crippen molar-refractivity contribution in [3.8, 4) is 0 Å². The van der Waals surface area contributed by atoms with Gasteiger partial charge in [-0.05, 0) is 62.2 Å². The van der Waals surface area contributed by atoms with Gasteiger partial charge in [-0.2, -0.15) is 0 Å². The number of hydrogen-bond donors (Lipinski definition) is 0. The van der Waals surface area contributed by atoms with Crippen LogP contribution in [-0.2, 0) is 38.1 Å². The summed E-state index contributed by atoms with van der Waals surface area (Å²) in [7, 11) is 0. The molecule has 8 rings (SSSR count). The van der Waals surface area contributed by atoms with Crippen molar-refractivity contribution in [1.82, 2.24) is 4.90 Å². The summed E-state index contributed by atoms with van der Waals surface area (Å²) in [6, 6.07) is 0. The second kappa shape index (κ2) is 8.15. The minimum Gasteiger partial charge on any atom is -0.458 e.